The molecule has 2 aromatic rings. The number of rotatable bonds is 4. The van der Waals surface area contributed by atoms with Gasteiger partial charge in [0, 0.05) is 32.5 Å². The van der Waals surface area contributed by atoms with Crippen molar-refractivity contribution in [2.45, 2.75) is 26.3 Å². The summed E-state index contributed by atoms with van der Waals surface area (Å²) in [5, 5.41) is 0. The fourth-order valence-electron chi connectivity index (χ4n) is 1.75. The van der Waals surface area contributed by atoms with E-state index in [1.807, 2.05) is 18.3 Å². The Hall–Kier alpha value is -0.750. The van der Waals surface area contributed by atoms with E-state index in [1.54, 1.807) is 11.3 Å². The summed E-state index contributed by atoms with van der Waals surface area (Å²) in [6.45, 7) is 4.26. The van der Waals surface area contributed by atoms with Crippen molar-refractivity contribution >= 4 is 27.3 Å². The maximum Gasteiger partial charge on any atom is 0.0608 e. The first-order valence-corrected chi connectivity index (χ1v) is 7.34. The number of hydrazine groups is 1. The largest absolute Gasteiger partial charge is 0.271 e. The average Bonchev–Trinajstić information content (AvgIpc) is 2.69. The lowest BCUT2D eigenvalue weighted by Crippen LogP contribution is -2.29. The maximum absolute atomic E-state index is 5.66. The van der Waals surface area contributed by atoms with Crippen LogP contribution in [-0.4, -0.2) is 4.98 Å². The summed E-state index contributed by atoms with van der Waals surface area (Å²) >= 11 is 5.18. The Morgan fingerprint density at radius 3 is 2.72 bits per heavy atom. The van der Waals surface area contributed by atoms with E-state index in [4.69, 9.17) is 5.84 Å². The molecule has 96 valence electrons. The van der Waals surface area contributed by atoms with Crippen molar-refractivity contribution in [3.05, 3.63) is 49.9 Å². The first-order valence-electron chi connectivity index (χ1n) is 5.73. The summed E-state index contributed by atoms with van der Waals surface area (Å²) in [6.07, 6.45) is 2.61. The normalized spacial score (nSPS) is 12.7. The second kappa shape index (κ2) is 5.93. The van der Waals surface area contributed by atoms with Gasteiger partial charge in [0.1, 0.15) is 0 Å². The van der Waals surface area contributed by atoms with E-state index in [0.29, 0.717) is 0 Å². The van der Waals surface area contributed by atoms with E-state index in [0.717, 1.165) is 16.6 Å². The van der Waals surface area contributed by atoms with Crippen LogP contribution in [-0.2, 0) is 6.42 Å². The number of hydrogen-bond acceptors (Lipinski definition) is 4. The number of hydrogen-bond donors (Lipinski definition) is 2. The zero-order chi connectivity index (χ0) is 13.1. The minimum absolute atomic E-state index is 0.121. The van der Waals surface area contributed by atoms with Gasteiger partial charge in [-0.15, -0.1) is 11.3 Å². The molecule has 0 radical (unpaired) electrons. The molecule has 0 spiro atoms. The maximum atomic E-state index is 5.66. The molecule has 0 saturated carbocycles. The fraction of sp³-hybridized carbons (Fsp3) is 0.308. The van der Waals surface area contributed by atoms with Crippen molar-refractivity contribution in [3.63, 3.8) is 0 Å². The number of pyridine rings is 1. The highest BCUT2D eigenvalue weighted by Gasteiger charge is 2.14. The molecule has 0 saturated heterocycles. The number of nitrogens with two attached hydrogens (primary N) is 1. The lowest BCUT2D eigenvalue weighted by Gasteiger charge is -2.13. The van der Waals surface area contributed by atoms with Crippen molar-refractivity contribution < 1.29 is 0 Å². The first kappa shape index (κ1) is 13.7. The number of nitrogens with zero attached hydrogens (tertiary/aromatic N) is 1. The van der Waals surface area contributed by atoms with Crippen molar-refractivity contribution in [2.24, 2.45) is 5.84 Å². The van der Waals surface area contributed by atoms with Gasteiger partial charge in [0.15, 0.2) is 0 Å². The second-order valence-electron chi connectivity index (χ2n) is 4.28. The topological polar surface area (TPSA) is 50.9 Å². The van der Waals surface area contributed by atoms with Gasteiger partial charge >= 0.3 is 0 Å². The lowest BCUT2D eigenvalue weighted by molar-refractivity contribution is 0.554. The molecule has 1 unspecified atom stereocenters. The van der Waals surface area contributed by atoms with Crippen LogP contribution in [0.3, 0.4) is 0 Å². The third kappa shape index (κ3) is 3.17. The van der Waals surface area contributed by atoms with E-state index >= 15 is 0 Å². The summed E-state index contributed by atoms with van der Waals surface area (Å²) < 4.78 is 0.992. The van der Waals surface area contributed by atoms with Crippen LogP contribution in [0, 0.1) is 13.8 Å². The predicted molar refractivity (Wildman–Crippen MR) is 79.5 cm³/mol. The summed E-state index contributed by atoms with van der Waals surface area (Å²) in [6, 6.07) is 6.34. The van der Waals surface area contributed by atoms with E-state index in [2.05, 4.69) is 46.3 Å². The molecule has 3 nitrogen and oxygen atoms in total. The van der Waals surface area contributed by atoms with Crippen LogP contribution < -0.4 is 11.3 Å². The van der Waals surface area contributed by atoms with Crippen LogP contribution in [0.4, 0.5) is 0 Å². The minimum Gasteiger partial charge on any atom is -0.271 e. The SMILES string of the molecule is Cc1cc(C(Cc2ccc(Br)cn2)NN)sc1C. The standard InChI is InChI=1S/C13H16BrN3S/c1-8-5-13(18-9(8)2)12(17-15)6-11-4-3-10(14)7-16-11/h3-5,7,12,17H,6,15H2,1-2H3. The van der Waals surface area contributed by atoms with Gasteiger partial charge in [-0.05, 0) is 53.5 Å². The van der Waals surface area contributed by atoms with Crippen LogP contribution in [0.15, 0.2) is 28.9 Å². The van der Waals surface area contributed by atoms with Gasteiger partial charge in [0.2, 0.25) is 0 Å². The molecule has 0 aliphatic rings. The number of aryl methyl sites for hydroxylation is 2. The Kier molecular flexibility index (Phi) is 4.50. The van der Waals surface area contributed by atoms with Gasteiger partial charge < -0.3 is 0 Å². The van der Waals surface area contributed by atoms with Gasteiger partial charge in [-0.2, -0.15) is 0 Å². The van der Waals surface area contributed by atoms with Crippen LogP contribution in [0.2, 0.25) is 0 Å². The highest BCUT2D eigenvalue weighted by atomic mass is 79.9. The van der Waals surface area contributed by atoms with Crippen molar-refractivity contribution in [1.29, 1.82) is 0 Å². The summed E-state index contributed by atoms with van der Waals surface area (Å²) in [5.41, 5.74) is 5.23. The molecular weight excluding hydrogens is 310 g/mol. The van der Waals surface area contributed by atoms with Crippen molar-refractivity contribution in [2.75, 3.05) is 0 Å². The molecule has 3 N–H and O–H groups in total. The van der Waals surface area contributed by atoms with Gasteiger partial charge in [-0.25, -0.2) is 0 Å². The van der Waals surface area contributed by atoms with E-state index in [9.17, 15) is 0 Å². The fourth-order valence-corrected chi connectivity index (χ4v) is 3.09. The third-order valence-electron chi connectivity index (χ3n) is 2.93. The van der Waals surface area contributed by atoms with Crippen LogP contribution in [0.5, 0.6) is 0 Å². The Bertz CT molecular complexity index is 502. The molecule has 0 aromatic carbocycles. The van der Waals surface area contributed by atoms with E-state index < -0.39 is 0 Å². The Balaban J connectivity index is 2.16. The van der Waals surface area contributed by atoms with Crippen molar-refractivity contribution in [3.8, 4) is 0 Å². The molecule has 0 aliphatic carbocycles. The summed E-state index contributed by atoms with van der Waals surface area (Å²) in [5.74, 6) is 5.66. The van der Waals surface area contributed by atoms with Gasteiger partial charge in [-0.3, -0.25) is 16.3 Å². The Morgan fingerprint density at radius 2 is 2.22 bits per heavy atom. The predicted octanol–water partition coefficient (Wildman–Crippen LogP) is 3.27. The molecule has 18 heavy (non-hydrogen) atoms. The molecule has 5 heteroatoms. The monoisotopic (exact) mass is 325 g/mol. The van der Waals surface area contributed by atoms with Crippen molar-refractivity contribution in [1.82, 2.24) is 10.4 Å². The Morgan fingerprint density at radius 1 is 1.44 bits per heavy atom. The van der Waals surface area contributed by atoms with Gasteiger partial charge in [0.05, 0.1) is 6.04 Å². The lowest BCUT2D eigenvalue weighted by atomic mass is 10.1. The van der Waals surface area contributed by atoms with Gasteiger partial charge in [0.25, 0.3) is 0 Å². The Labute approximate surface area is 120 Å². The van der Waals surface area contributed by atoms with E-state index in [-0.39, 0.29) is 6.04 Å². The zero-order valence-corrected chi connectivity index (χ0v) is 12.8. The molecule has 0 amide bonds. The average molecular weight is 326 g/mol. The number of aromatic nitrogens is 1. The molecule has 0 bridgehead atoms. The molecule has 2 heterocycles. The highest BCUT2D eigenvalue weighted by Crippen LogP contribution is 2.28. The number of halogens is 1. The van der Waals surface area contributed by atoms with Gasteiger partial charge in [-0.1, -0.05) is 0 Å². The summed E-state index contributed by atoms with van der Waals surface area (Å²) in [7, 11) is 0. The van der Waals surface area contributed by atoms with Crippen LogP contribution in [0.25, 0.3) is 0 Å². The first-order chi connectivity index (χ1) is 8.60. The van der Waals surface area contributed by atoms with Crippen LogP contribution >= 0.6 is 27.3 Å². The number of thiophene rings is 1. The molecular formula is C13H16BrN3S. The second-order valence-corrected chi connectivity index (χ2v) is 6.48. The quantitative estimate of drug-likeness (QED) is 0.670. The number of nitrogens with one attached hydrogen (secondary N) is 1. The molecule has 2 aromatic heterocycles. The zero-order valence-electron chi connectivity index (χ0n) is 10.4. The summed E-state index contributed by atoms with van der Waals surface area (Å²) in [4.78, 5) is 6.99. The molecule has 0 aliphatic heterocycles. The highest BCUT2D eigenvalue weighted by molar-refractivity contribution is 9.10. The minimum atomic E-state index is 0.121. The van der Waals surface area contributed by atoms with Crippen LogP contribution in [0.1, 0.15) is 27.1 Å². The van der Waals surface area contributed by atoms with E-state index in [1.165, 1.54) is 15.3 Å². The molecule has 1 atom stereocenters. The molecule has 0 fully saturated rings. The smallest absolute Gasteiger partial charge is 0.0608 e. The third-order valence-corrected chi connectivity index (χ3v) is 4.67. The molecule has 2 rings (SSSR count).